The van der Waals surface area contributed by atoms with Gasteiger partial charge in [-0.3, -0.25) is 4.79 Å². The summed E-state index contributed by atoms with van der Waals surface area (Å²) in [5, 5.41) is 10.1. The van der Waals surface area contributed by atoms with E-state index in [1.165, 1.54) is 25.8 Å². The van der Waals surface area contributed by atoms with Crippen LogP contribution in [0.15, 0.2) is 0 Å². The highest BCUT2D eigenvalue weighted by Crippen LogP contribution is 2.26. The number of carbonyl (C=O) groups is 1. The Morgan fingerprint density at radius 2 is 2.24 bits per heavy atom. The number of aromatic nitrogens is 1. The summed E-state index contributed by atoms with van der Waals surface area (Å²) in [4.78, 5) is 19.1. The molecule has 1 aromatic heterocycles. The third-order valence-corrected chi connectivity index (χ3v) is 5.31. The van der Waals surface area contributed by atoms with Crippen LogP contribution in [0, 0.1) is 0 Å². The first kappa shape index (κ1) is 16.4. The van der Waals surface area contributed by atoms with Gasteiger partial charge < -0.3 is 10.0 Å². The molecule has 1 aliphatic rings. The number of rotatable bonds is 6. The van der Waals surface area contributed by atoms with Crippen LogP contribution >= 0.6 is 11.3 Å². The van der Waals surface area contributed by atoms with E-state index < -0.39 is 5.97 Å². The zero-order chi connectivity index (χ0) is 15.4. The molecule has 118 valence electrons. The fourth-order valence-corrected chi connectivity index (χ4v) is 4.17. The molecule has 21 heavy (non-hydrogen) atoms. The normalized spacial score (nSPS) is 20.1. The largest absolute Gasteiger partial charge is 0.481 e. The predicted octanol–water partition coefficient (Wildman–Crippen LogP) is 3.31. The van der Waals surface area contributed by atoms with E-state index in [-0.39, 0.29) is 6.42 Å². The molecule has 0 saturated carbocycles. The number of likely N-dealkylation sites (tertiary alicyclic amines) is 1. The summed E-state index contributed by atoms with van der Waals surface area (Å²) < 4.78 is 0. The Morgan fingerprint density at radius 1 is 1.48 bits per heavy atom. The standard InChI is InChI=1S/C16H26N2O2S/c1-11(2)16-13(10-15(19)20)21-14(17-16)7-9-18-8-5-4-6-12(18)3/h11-12H,4-10H2,1-3H3,(H,19,20). The average molecular weight is 310 g/mol. The van der Waals surface area contributed by atoms with E-state index >= 15 is 0 Å². The number of piperidine rings is 1. The van der Waals surface area contributed by atoms with Crippen LogP contribution in [0.1, 0.15) is 61.5 Å². The highest BCUT2D eigenvalue weighted by atomic mass is 32.1. The van der Waals surface area contributed by atoms with Crippen LogP contribution in [0.2, 0.25) is 0 Å². The van der Waals surface area contributed by atoms with E-state index in [1.54, 1.807) is 11.3 Å². The smallest absolute Gasteiger partial charge is 0.308 e. The molecular weight excluding hydrogens is 284 g/mol. The van der Waals surface area contributed by atoms with Crippen molar-refractivity contribution < 1.29 is 9.90 Å². The molecule has 1 fully saturated rings. The van der Waals surface area contributed by atoms with Crippen molar-refractivity contribution in [3.63, 3.8) is 0 Å². The van der Waals surface area contributed by atoms with Crippen molar-refractivity contribution in [2.75, 3.05) is 13.1 Å². The van der Waals surface area contributed by atoms with Crippen molar-refractivity contribution in [3.8, 4) is 0 Å². The lowest BCUT2D eigenvalue weighted by Crippen LogP contribution is -2.38. The van der Waals surface area contributed by atoms with Crippen LogP contribution < -0.4 is 0 Å². The van der Waals surface area contributed by atoms with Gasteiger partial charge in [-0.15, -0.1) is 11.3 Å². The van der Waals surface area contributed by atoms with E-state index in [1.807, 2.05) is 0 Å². The van der Waals surface area contributed by atoms with Gasteiger partial charge in [0.25, 0.3) is 0 Å². The van der Waals surface area contributed by atoms with Gasteiger partial charge in [0.05, 0.1) is 17.1 Å². The third kappa shape index (κ3) is 4.51. The molecular formula is C16H26N2O2S. The molecule has 1 aliphatic heterocycles. The highest BCUT2D eigenvalue weighted by Gasteiger charge is 2.20. The van der Waals surface area contributed by atoms with Crippen molar-refractivity contribution in [3.05, 3.63) is 15.6 Å². The molecule has 0 amide bonds. The molecule has 4 nitrogen and oxygen atoms in total. The number of hydrogen-bond acceptors (Lipinski definition) is 4. The molecule has 0 radical (unpaired) electrons. The maximum absolute atomic E-state index is 11.0. The second-order valence-corrected chi connectivity index (χ2v) is 7.44. The molecule has 2 rings (SSSR count). The molecule has 0 aliphatic carbocycles. The highest BCUT2D eigenvalue weighted by molar-refractivity contribution is 7.11. The van der Waals surface area contributed by atoms with Crippen molar-refractivity contribution >= 4 is 17.3 Å². The maximum atomic E-state index is 11.0. The summed E-state index contributed by atoms with van der Waals surface area (Å²) in [6.45, 7) is 8.69. The van der Waals surface area contributed by atoms with Gasteiger partial charge in [-0.05, 0) is 32.2 Å². The number of carboxylic acids is 1. The SMILES string of the molecule is CC(C)c1nc(CCN2CCCCC2C)sc1CC(=O)O. The number of carboxylic acid groups (broad SMARTS) is 1. The van der Waals surface area contributed by atoms with Gasteiger partial charge in [-0.2, -0.15) is 0 Å². The minimum atomic E-state index is -0.767. The minimum absolute atomic E-state index is 0.102. The molecule has 1 unspecified atom stereocenters. The molecule has 0 aromatic carbocycles. The van der Waals surface area contributed by atoms with Crippen molar-refractivity contribution in [1.29, 1.82) is 0 Å². The Labute approximate surface area is 131 Å². The number of nitrogens with zero attached hydrogens (tertiary/aromatic N) is 2. The molecule has 0 bridgehead atoms. The van der Waals surface area contributed by atoms with Gasteiger partial charge in [0.1, 0.15) is 0 Å². The van der Waals surface area contributed by atoms with Gasteiger partial charge in [-0.25, -0.2) is 4.98 Å². The predicted molar refractivity (Wildman–Crippen MR) is 86.1 cm³/mol. The Bertz CT molecular complexity index is 485. The first-order valence-electron chi connectivity index (χ1n) is 7.91. The molecule has 5 heteroatoms. The van der Waals surface area contributed by atoms with Gasteiger partial charge >= 0.3 is 5.97 Å². The second-order valence-electron chi connectivity index (χ2n) is 6.27. The monoisotopic (exact) mass is 310 g/mol. The van der Waals surface area contributed by atoms with Crippen LogP contribution in [0.5, 0.6) is 0 Å². The van der Waals surface area contributed by atoms with Gasteiger partial charge in [0.2, 0.25) is 0 Å². The van der Waals surface area contributed by atoms with Crippen LogP contribution in [-0.4, -0.2) is 40.1 Å². The second kappa shape index (κ2) is 7.36. The zero-order valence-electron chi connectivity index (χ0n) is 13.3. The first-order valence-corrected chi connectivity index (χ1v) is 8.73. The lowest BCUT2D eigenvalue weighted by Gasteiger charge is -2.33. The van der Waals surface area contributed by atoms with E-state index in [4.69, 9.17) is 10.1 Å². The molecule has 1 atom stereocenters. The fraction of sp³-hybridized carbons (Fsp3) is 0.750. The molecule has 1 aromatic rings. The lowest BCUT2D eigenvalue weighted by atomic mass is 10.0. The van der Waals surface area contributed by atoms with Gasteiger partial charge in [-0.1, -0.05) is 20.3 Å². The summed E-state index contributed by atoms with van der Waals surface area (Å²) in [5.74, 6) is -0.477. The van der Waals surface area contributed by atoms with E-state index in [2.05, 4.69) is 25.7 Å². The van der Waals surface area contributed by atoms with Crippen molar-refractivity contribution in [1.82, 2.24) is 9.88 Å². The van der Waals surface area contributed by atoms with Crippen LogP contribution in [0.3, 0.4) is 0 Å². The van der Waals surface area contributed by atoms with Crippen LogP contribution in [0.25, 0.3) is 0 Å². The Balaban J connectivity index is 2.01. The van der Waals surface area contributed by atoms with Crippen molar-refractivity contribution in [2.24, 2.45) is 0 Å². The van der Waals surface area contributed by atoms with Crippen LogP contribution in [0.4, 0.5) is 0 Å². The van der Waals surface area contributed by atoms with E-state index in [0.717, 1.165) is 28.5 Å². The summed E-state index contributed by atoms with van der Waals surface area (Å²) in [7, 11) is 0. The summed E-state index contributed by atoms with van der Waals surface area (Å²) >= 11 is 1.59. The molecule has 1 saturated heterocycles. The van der Waals surface area contributed by atoms with Crippen LogP contribution in [-0.2, 0) is 17.6 Å². The molecule has 0 spiro atoms. The summed E-state index contributed by atoms with van der Waals surface area (Å²) in [6, 6.07) is 0.668. The van der Waals surface area contributed by atoms with Gasteiger partial charge in [0, 0.05) is 23.9 Å². The minimum Gasteiger partial charge on any atom is -0.481 e. The van der Waals surface area contributed by atoms with E-state index in [9.17, 15) is 4.79 Å². The molecule has 2 heterocycles. The quantitative estimate of drug-likeness (QED) is 0.876. The van der Waals surface area contributed by atoms with Crippen molar-refractivity contribution in [2.45, 2.75) is 64.8 Å². The molecule has 1 N–H and O–H groups in total. The topological polar surface area (TPSA) is 53.4 Å². The zero-order valence-corrected chi connectivity index (χ0v) is 14.1. The Kier molecular flexibility index (Phi) is 5.76. The number of aliphatic carboxylic acids is 1. The van der Waals surface area contributed by atoms with E-state index in [0.29, 0.717) is 12.0 Å². The number of thiazole rings is 1. The fourth-order valence-electron chi connectivity index (χ4n) is 2.97. The maximum Gasteiger partial charge on any atom is 0.308 e. The Hall–Kier alpha value is -0.940. The average Bonchev–Trinajstić information content (AvgIpc) is 2.80. The Morgan fingerprint density at radius 3 is 2.86 bits per heavy atom. The summed E-state index contributed by atoms with van der Waals surface area (Å²) in [5.41, 5.74) is 0.976. The number of hydrogen-bond donors (Lipinski definition) is 1. The first-order chi connectivity index (χ1) is 9.97. The third-order valence-electron chi connectivity index (χ3n) is 4.18. The summed E-state index contributed by atoms with van der Waals surface area (Å²) in [6.07, 6.45) is 4.97. The van der Waals surface area contributed by atoms with Gasteiger partial charge in [0.15, 0.2) is 0 Å². The lowest BCUT2D eigenvalue weighted by molar-refractivity contribution is -0.136.